The van der Waals surface area contributed by atoms with Gasteiger partial charge in [0.25, 0.3) is 0 Å². The van der Waals surface area contributed by atoms with E-state index in [4.69, 9.17) is 0 Å². The van der Waals surface area contributed by atoms with Gasteiger partial charge in [-0.05, 0) is 54.3 Å². The highest BCUT2D eigenvalue weighted by molar-refractivity contribution is 7.07. The van der Waals surface area contributed by atoms with Crippen molar-refractivity contribution < 1.29 is 13.2 Å². The molecule has 5 heteroatoms. The Bertz CT molecular complexity index is 563. The standard InChI is InChI=1S/C16H18F3NS/c1-11(9-13-7-8-21-10-13)20-12(2)14-5-3-4-6-15(14)16(17,18)19/h3-8,10-12,20H,9H2,1-2H3. The Kier molecular flexibility index (Phi) is 5.06. The summed E-state index contributed by atoms with van der Waals surface area (Å²) >= 11 is 1.63. The third kappa shape index (κ3) is 4.32. The van der Waals surface area contributed by atoms with Crippen LogP contribution in [-0.2, 0) is 12.6 Å². The zero-order valence-corrected chi connectivity index (χ0v) is 12.8. The molecule has 0 saturated heterocycles. The second-order valence-corrected chi connectivity index (χ2v) is 5.99. The number of hydrogen-bond donors (Lipinski definition) is 1. The summed E-state index contributed by atoms with van der Waals surface area (Å²) in [6, 6.07) is 7.54. The third-order valence-corrected chi connectivity index (χ3v) is 4.12. The van der Waals surface area contributed by atoms with Crippen molar-refractivity contribution in [2.24, 2.45) is 0 Å². The molecule has 0 bridgehead atoms. The molecule has 2 aromatic rings. The first-order valence-corrected chi connectivity index (χ1v) is 7.75. The summed E-state index contributed by atoms with van der Waals surface area (Å²) in [5, 5.41) is 7.32. The third-order valence-electron chi connectivity index (χ3n) is 3.39. The van der Waals surface area contributed by atoms with E-state index in [9.17, 15) is 13.2 Å². The topological polar surface area (TPSA) is 12.0 Å². The van der Waals surface area contributed by atoms with Crippen LogP contribution in [0.2, 0.25) is 0 Å². The maximum Gasteiger partial charge on any atom is 0.416 e. The van der Waals surface area contributed by atoms with E-state index < -0.39 is 11.7 Å². The summed E-state index contributed by atoms with van der Waals surface area (Å²) in [6.07, 6.45) is -3.51. The van der Waals surface area contributed by atoms with Crippen molar-refractivity contribution in [3.8, 4) is 0 Å². The molecule has 1 N–H and O–H groups in total. The molecule has 0 radical (unpaired) electrons. The molecule has 0 amide bonds. The highest BCUT2D eigenvalue weighted by Gasteiger charge is 2.34. The minimum absolute atomic E-state index is 0.107. The number of hydrogen-bond acceptors (Lipinski definition) is 2. The van der Waals surface area contributed by atoms with E-state index in [1.165, 1.54) is 17.7 Å². The molecule has 1 aromatic heterocycles. The van der Waals surface area contributed by atoms with Gasteiger partial charge in [0.05, 0.1) is 5.56 Å². The van der Waals surface area contributed by atoms with E-state index in [-0.39, 0.29) is 12.1 Å². The van der Waals surface area contributed by atoms with Crippen LogP contribution in [0.3, 0.4) is 0 Å². The molecule has 1 heterocycles. The van der Waals surface area contributed by atoms with Crippen LogP contribution in [0.1, 0.15) is 36.6 Å². The fourth-order valence-corrected chi connectivity index (χ4v) is 3.15. The molecule has 0 aliphatic heterocycles. The zero-order chi connectivity index (χ0) is 15.5. The normalized spacial score (nSPS) is 14.9. The maximum atomic E-state index is 13.0. The SMILES string of the molecule is CC(Cc1ccsc1)NC(C)c1ccccc1C(F)(F)F. The van der Waals surface area contributed by atoms with Gasteiger partial charge in [0.1, 0.15) is 0 Å². The molecule has 2 rings (SSSR count). The van der Waals surface area contributed by atoms with Crippen LogP contribution in [0.15, 0.2) is 41.1 Å². The Hall–Kier alpha value is -1.33. The quantitative estimate of drug-likeness (QED) is 0.814. The van der Waals surface area contributed by atoms with Gasteiger partial charge in [-0.2, -0.15) is 24.5 Å². The van der Waals surface area contributed by atoms with Crippen molar-refractivity contribution in [1.82, 2.24) is 5.32 Å². The van der Waals surface area contributed by atoms with Crippen LogP contribution in [0.25, 0.3) is 0 Å². The van der Waals surface area contributed by atoms with E-state index in [2.05, 4.69) is 10.7 Å². The lowest BCUT2D eigenvalue weighted by atomic mass is 9.99. The van der Waals surface area contributed by atoms with Crippen LogP contribution >= 0.6 is 11.3 Å². The lowest BCUT2D eigenvalue weighted by Gasteiger charge is -2.23. The Labute approximate surface area is 126 Å². The molecule has 0 fully saturated rings. The summed E-state index contributed by atoms with van der Waals surface area (Å²) in [6.45, 7) is 3.76. The largest absolute Gasteiger partial charge is 0.416 e. The molecular weight excluding hydrogens is 295 g/mol. The molecule has 0 aliphatic carbocycles. The number of thiophene rings is 1. The Balaban J connectivity index is 2.08. The molecule has 1 nitrogen and oxygen atoms in total. The second-order valence-electron chi connectivity index (χ2n) is 5.21. The van der Waals surface area contributed by atoms with Gasteiger partial charge in [0.15, 0.2) is 0 Å². The smallest absolute Gasteiger partial charge is 0.307 e. The maximum absolute atomic E-state index is 13.0. The van der Waals surface area contributed by atoms with E-state index >= 15 is 0 Å². The summed E-state index contributed by atoms with van der Waals surface area (Å²) in [5.41, 5.74) is 0.936. The second kappa shape index (κ2) is 6.62. The number of rotatable bonds is 5. The summed E-state index contributed by atoms with van der Waals surface area (Å²) in [5.74, 6) is 0. The van der Waals surface area contributed by atoms with Crippen molar-refractivity contribution in [2.45, 2.75) is 38.5 Å². The predicted octanol–water partition coefficient (Wildman–Crippen LogP) is 5.05. The van der Waals surface area contributed by atoms with Crippen LogP contribution in [0.5, 0.6) is 0 Å². The molecule has 21 heavy (non-hydrogen) atoms. The zero-order valence-electron chi connectivity index (χ0n) is 11.9. The van der Waals surface area contributed by atoms with Gasteiger partial charge in [0, 0.05) is 12.1 Å². The highest BCUT2D eigenvalue weighted by Crippen LogP contribution is 2.34. The Morgan fingerprint density at radius 1 is 1.14 bits per heavy atom. The van der Waals surface area contributed by atoms with Crippen LogP contribution in [-0.4, -0.2) is 6.04 Å². The molecular formula is C16H18F3NS. The molecule has 0 saturated carbocycles. The summed E-state index contributed by atoms with van der Waals surface area (Å²) < 4.78 is 39.1. The van der Waals surface area contributed by atoms with Gasteiger partial charge >= 0.3 is 6.18 Å². The van der Waals surface area contributed by atoms with E-state index in [1.54, 1.807) is 24.3 Å². The number of halogens is 3. The van der Waals surface area contributed by atoms with Gasteiger partial charge in [-0.15, -0.1) is 0 Å². The van der Waals surface area contributed by atoms with Gasteiger partial charge in [-0.1, -0.05) is 18.2 Å². The van der Waals surface area contributed by atoms with E-state index in [0.717, 1.165) is 12.5 Å². The van der Waals surface area contributed by atoms with Crippen LogP contribution in [0, 0.1) is 0 Å². The van der Waals surface area contributed by atoms with Gasteiger partial charge < -0.3 is 5.32 Å². The monoisotopic (exact) mass is 313 g/mol. The fourth-order valence-electron chi connectivity index (χ4n) is 2.47. The summed E-state index contributed by atoms with van der Waals surface area (Å²) in [7, 11) is 0. The molecule has 0 spiro atoms. The Morgan fingerprint density at radius 3 is 2.48 bits per heavy atom. The van der Waals surface area contributed by atoms with E-state index in [1.807, 2.05) is 18.4 Å². The minimum atomic E-state index is -4.32. The van der Waals surface area contributed by atoms with Crippen molar-refractivity contribution in [2.75, 3.05) is 0 Å². The van der Waals surface area contributed by atoms with Gasteiger partial charge in [0.2, 0.25) is 0 Å². The number of nitrogens with one attached hydrogen (secondary N) is 1. The average Bonchev–Trinajstić information content (AvgIpc) is 2.90. The lowest BCUT2D eigenvalue weighted by Crippen LogP contribution is -2.31. The fraction of sp³-hybridized carbons (Fsp3) is 0.375. The first-order valence-electron chi connectivity index (χ1n) is 6.81. The van der Waals surface area contributed by atoms with Crippen LogP contribution in [0.4, 0.5) is 13.2 Å². The van der Waals surface area contributed by atoms with E-state index in [0.29, 0.717) is 5.56 Å². The van der Waals surface area contributed by atoms with Gasteiger partial charge in [-0.3, -0.25) is 0 Å². The molecule has 0 aliphatic rings. The molecule has 2 atom stereocenters. The van der Waals surface area contributed by atoms with Crippen molar-refractivity contribution >= 4 is 11.3 Å². The summed E-state index contributed by atoms with van der Waals surface area (Å²) in [4.78, 5) is 0. The van der Waals surface area contributed by atoms with Crippen molar-refractivity contribution in [3.05, 3.63) is 57.8 Å². The highest BCUT2D eigenvalue weighted by atomic mass is 32.1. The van der Waals surface area contributed by atoms with Gasteiger partial charge in [-0.25, -0.2) is 0 Å². The Morgan fingerprint density at radius 2 is 1.86 bits per heavy atom. The first kappa shape index (κ1) is 16.0. The lowest BCUT2D eigenvalue weighted by molar-refractivity contribution is -0.138. The molecule has 114 valence electrons. The molecule has 2 unspecified atom stereocenters. The van der Waals surface area contributed by atoms with Crippen LogP contribution < -0.4 is 5.32 Å². The van der Waals surface area contributed by atoms with Crippen molar-refractivity contribution in [1.29, 1.82) is 0 Å². The minimum Gasteiger partial charge on any atom is -0.307 e. The molecule has 1 aromatic carbocycles. The number of benzene rings is 1. The average molecular weight is 313 g/mol. The first-order chi connectivity index (χ1) is 9.88. The predicted molar refractivity (Wildman–Crippen MR) is 80.5 cm³/mol. The number of alkyl halides is 3. The van der Waals surface area contributed by atoms with Crippen molar-refractivity contribution in [3.63, 3.8) is 0 Å².